The van der Waals surface area contributed by atoms with Crippen molar-refractivity contribution in [3.05, 3.63) is 70.3 Å². The lowest BCUT2D eigenvalue weighted by atomic mass is 10.1. The van der Waals surface area contributed by atoms with E-state index >= 15 is 0 Å². The highest BCUT2D eigenvalue weighted by Gasteiger charge is 2.31. The van der Waals surface area contributed by atoms with E-state index < -0.39 is 21.7 Å². The number of hydrogen-bond donors (Lipinski definition) is 0. The molecular formula is C20H19F2N3O3S. The second kappa shape index (κ2) is 7.31. The van der Waals surface area contributed by atoms with E-state index in [1.165, 1.54) is 45.5 Å². The van der Waals surface area contributed by atoms with Crippen molar-refractivity contribution in [2.24, 2.45) is 0 Å². The van der Waals surface area contributed by atoms with Gasteiger partial charge in [-0.1, -0.05) is 6.07 Å². The molecule has 0 saturated carbocycles. The molecule has 2 heterocycles. The Hall–Kier alpha value is -2.65. The Morgan fingerprint density at radius 3 is 2.48 bits per heavy atom. The summed E-state index contributed by atoms with van der Waals surface area (Å²) < 4.78 is 55.5. The number of aromatic nitrogens is 2. The van der Waals surface area contributed by atoms with Gasteiger partial charge >= 0.3 is 0 Å². The van der Waals surface area contributed by atoms with Crippen molar-refractivity contribution in [1.82, 2.24) is 13.9 Å². The monoisotopic (exact) mass is 419 g/mol. The lowest BCUT2D eigenvalue weighted by Crippen LogP contribution is -2.40. The van der Waals surface area contributed by atoms with E-state index in [9.17, 15) is 22.0 Å². The normalized spacial score (nSPS) is 16.4. The summed E-state index contributed by atoms with van der Waals surface area (Å²) in [7, 11) is -3.81. The fraction of sp³-hybridized carbons (Fsp3) is 0.300. The zero-order chi connectivity index (χ0) is 20.8. The summed E-state index contributed by atoms with van der Waals surface area (Å²) >= 11 is 0. The van der Waals surface area contributed by atoms with E-state index in [1.807, 2.05) is 0 Å². The highest BCUT2D eigenvalue weighted by molar-refractivity contribution is 7.89. The Morgan fingerprint density at radius 2 is 1.79 bits per heavy atom. The number of piperidine rings is 1. The van der Waals surface area contributed by atoms with Crippen LogP contribution in [-0.2, 0) is 10.0 Å². The largest absolute Gasteiger partial charge is 0.296 e. The number of benzene rings is 2. The Balaban J connectivity index is 1.56. The molecule has 0 aliphatic carbocycles. The summed E-state index contributed by atoms with van der Waals surface area (Å²) in [5, 5.41) is 0.319. The molecule has 0 spiro atoms. The maximum Gasteiger partial charge on any atom is 0.261 e. The number of rotatable bonds is 3. The van der Waals surface area contributed by atoms with Gasteiger partial charge < -0.3 is 0 Å². The van der Waals surface area contributed by atoms with Crippen molar-refractivity contribution in [1.29, 1.82) is 0 Å². The summed E-state index contributed by atoms with van der Waals surface area (Å²) in [5.74, 6) is -1.03. The average molecular weight is 419 g/mol. The van der Waals surface area contributed by atoms with Crippen LogP contribution in [0.25, 0.3) is 10.9 Å². The van der Waals surface area contributed by atoms with Crippen LogP contribution in [0.15, 0.2) is 52.4 Å². The van der Waals surface area contributed by atoms with E-state index in [0.29, 0.717) is 23.8 Å². The highest BCUT2D eigenvalue weighted by atomic mass is 32.2. The molecule has 1 fully saturated rings. The van der Waals surface area contributed by atoms with Crippen LogP contribution in [0.4, 0.5) is 8.78 Å². The Labute approximate surface area is 166 Å². The molecular weight excluding hydrogens is 400 g/mol. The first-order valence-corrected chi connectivity index (χ1v) is 10.6. The zero-order valence-electron chi connectivity index (χ0n) is 15.7. The third-order valence-electron chi connectivity index (χ3n) is 5.34. The van der Waals surface area contributed by atoms with E-state index in [2.05, 4.69) is 4.98 Å². The van der Waals surface area contributed by atoms with Crippen molar-refractivity contribution < 1.29 is 17.2 Å². The van der Waals surface area contributed by atoms with E-state index in [-0.39, 0.29) is 35.1 Å². The van der Waals surface area contributed by atoms with Gasteiger partial charge in [-0.05, 0) is 49.6 Å². The summed E-state index contributed by atoms with van der Waals surface area (Å²) in [5.41, 5.74) is 0.385. The van der Waals surface area contributed by atoms with Gasteiger partial charge in [0.15, 0.2) is 0 Å². The Kier molecular flexibility index (Phi) is 4.95. The SMILES string of the molecule is Cc1ccc(S(=O)(=O)N2CCC(n3cnc4cc(F)ccc4c3=O)CC2)cc1F. The number of nitrogens with zero attached hydrogens (tertiary/aromatic N) is 3. The predicted molar refractivity (Wildman–Crippen MR) is 104 cm³/mol. The van der Waals surface area contributed by atoms with Gasteiger partial charge in [-0.2, -0.15) is 4.31 Å². The minimum atomic E-state index is -3.81. The number of sulfonamides is 1. The van der Waals surface area contributed by atoms with Gasteiger partial charge in [0.2, 0.25) is 10.0 Å². The summed E-state index contributed by atoms with van der Waals surface area (Å²) in [6.07, 6.45) is 2.22. The van der Waals surface area contributed by atoms with Crippen molar-refractivity contribution >= 4 is 20.9 Å². The van der Waals surface area contributed by atoms with Crippen molar-refractivity contribution in [3.63, 3.8) is 0 Å². The first-order valence-electron chi connectivity index (χ1n) is 9.20. The van der Waals surface area contributed by atoms with Gasteiger partial charge in [0, 0.05) is 25.2 Å². The summed E-state index contributed by atoms with van der Waals surface area (Å²) in [6.45, 7) is 1.98. The lowest BCUT2D eigenvalue weighted by molar-refractivity contribution is 0.269. The molecule has 152 valence electrons. The molecule has 0 amide bonds. The van der Waals surface area contributed by atoms with E-state index in [4.69, 9.17) is 0 Å². The predicted octanol–water partition coefficient (Wildman–Crippen LogP) is 3.01. The molecule has 1 aliphatic rings. The second-order valence-corrected chi connectivity index (χ2v) is 9.10. The molecule has 1 saturated heterocycles. The third kappa shape index (κ3) is 3.56. The Bertz CT molecular complexity index is 1250. The molecule has 0 atom stereocenters. The first kappa shape index (κ1) is 19.7. The van der Waals surface area contributed by atoms with Gasteiger partial charge in [-0.3, -0.25) is 9.36 Å². The topological polar surface area (TPSA) is 72.3 Å². The van der Waals surface area contributed by atoms with Gasteiger partial charge in [0.1, 0.15) is 11.6 Å². The van der Waals surface area contributed by atoms with Crippen LogP contribution in [-0.4, -0.2) is 35.4 Å². The zero-order valence-corrected chi connectivity index (χ0v) is 16.5. The van der Waals surface area contributed by atoms with Gasteiger partial charge in [-0.25, -0.2) is 22.2 Å². The molecule has 1 aromatic heterocycles. The molecule has 9 heteroatoms. The molecule has 29 heavy (non-hydrogen) atoms. The van der Waals surface area contributed by atoms with Gasteiger partial charge in [-0.15, -0.1) is 0 Å². The molecule has 0 radical (unpaired) electrons. The van der Waals surface area contributed by atoms with E-state index in [0.717, 1.165) is 6.07 Å². The van der Waals surface area contributed by atoms with Gasteiger partial charge in [0.25, 0.3) is 5.56 Å². The Morgan fingerprint density at radius 1 is 1.07 bits per heavy atom. The maximum absolute atomic E-state index is 13.8. The van der Waals surface area contributed by atoms with Crippen LogP contribution in [0.3, 0.4) is 0 Å². The third-order valence-corrected chi connectivity index (χ3v) is 7.24. The van der Waals surface area contributed by atoms with Crippen molar-refractivity contribution in [3.8, 4) is 0 Å². The number of aryl methyl sites for hydroxylation is 1. The number of halogens is 2. The average Bonchev–Trinajstić information content (AvgIpc) is 2.70. The molecule has 2 aromatic carbocycles. The van der Waals surface area contributed by atoms with Crippen LogP contribution in [0.1, 0.15) is 24.4 Å². The standard InChI is InChI=1S/C20H19F2N3O3S/c1-13-2-4-16(11-18(13)22)29(27,28)24-8-6-15(7-9-24)25-12-23-19-10-14(21)3-5-17(19)20(25)26/h2-5,10-12,15H,6-9H2,1H3. The lowest BCUT2D eigenvalue weighted by Gasteiger charge is -2.32. The number of hydrogen-bond acceptors (Lipinski definition) is 4. The van der Waals surface area contributed by atoms with Crippen molar-refractivity contribution in [2.45, 2.75) is 30.7 Å². The second-order valence-electron chi connectivity index (χ2n) is 7.16. The molecule has 0 N–H and O–H groups in total. The van der Waals surface area contributed by atoms with Crippen molar-refractivity contribution in [2.75, 3.05) is 13.1 Å². The minimum Gasteiger partial charge on any atom is -0.296 e. The van der Waals surface area contributed by atoms with E-state index in [1.54, 1.807) is 6.92 Å². The molecule has 3 aromatic rings. The molecule has 6 nitrogen and oxygen atoms in total. The highest BCUT2D eigenvalue weighted by Crippen LogP contribution is 2.27. The number of fused-ring (bicyclic) bond motifs is 1. The minimum absolute atomic E-state index is 0.0781. The van der Waals surface area contributed by atoms with Crippen LogP contribution in [0.2, 0.25) is 0 Å². The van der Waals surface area contributed by atoms with Crippen LogP contribution in [0.5, 0.6) is 0 Å². The van der Waals surface area contributed by atoms with Crippen LogP contribution >= 0.6 is 0 Å². The summed E-state index contributed by atoms with van der Waals surface area (Å²) in [4.78, 5) is 16.8. The molecule has 0 unspecified atom stereocenters. The van der Waals surface area contributed by atoms with Gasteiger partial charge in [0.05, 0.1) is 22.1 Å². The van der Waals surface area contributed by atoms with Crippen LogP contribution < -0.4 is 5.56 Å². The van der Waals surface area contributed by atoms with Crippen LogP contribution in [0, 0.1) is 18.6 Å². The smallest absolute Gasteiger partial charge is 0.261 e. The molecule has 0 bridgehead atoms. The first-order chi connectivity index (χ1) is 13.8. The fourth-order valence-electron chi connectivity index (χ4n) is 3.61. The summed E-state index contributed by atoms with van der Waals surface area (Å²) in [6, 6.07) is 7.48. The molecule has 4 rings (SSSR count). The quantitative estimate of drug-likeness (QED) is 0.654. The molecule has 1 aliphatic heterocycles. The fourth-order valence-corrected chi connectivity index (χ4v) is 5.09. The maximum atomic E-state index is 13.8.